The van der Waals surface area contributed by atoms with Crippen LogP contribution in [0.4, 0.5) is 0 Å². The Morgan fingerprint density at radius 1 is 1.45 bits per heavy atom. The highest BCUT2D eigenvalue weighted by Gasteiger charge is 2.44. The summed E-state index contributed by atoms with van der Waals surface area (Å²) >= 11 is 0. The predicted molar refractivity (Wildman–Crippen MR) is 47.5 cm³/mol. The minimum atomic E-state index is 0.573. The highest BCUT2D eigenvalue weighted by Crippen LogP contribution is 2.52. The van der Waals surface area contributed by atoms with E-state index < -0.39 is 0 Å². The maximum Gasteiger partial charge on any atom is 0.0164 e. The number of hydrogen-bond donors (Lipinski definition) is 1. The van der Waals surface area contributed by atoms with Crippen molar-refractivity contribution in [2.24, 2.45) is 11.3 Å². The molecule has 1 nitrogen and oxygen atoms in total. The Bertz CT molecular complexity index is 213. The van der Waals surface area contributed by atoms with Crippen LogP contribution in [-0.2, 0) is 0 Å². The lowest BCUT2D eigenvalue weighted by molar-refractivity contribution is 0.141. The number of nitrogens with one attached hydrogen (secondary N) is 1. The van der Waals surface area contributed by atoms with Crippen molar-refractivity contribution in [2.75, 3.05) is 13.1 Å². The van der Waals surface area contributed by atoms with Crippen molar-refractivity contribution in [3.05, 3.63) is 11.1 Å². The van der Waals surface area contributed by atoms with Crippen molar-refractivity contribution in [1.82, 2.24) is 5.32 Å². The van der Waals surface area contributed by atoms with E-state index in [0.29, 0.717) is 5.41 Å². The lowest BCUT2D eigenvalue weighted by Crippen LogP contribution is -2.48. The monoisotopic (exact) mass is 151 g/mol. The van der Waals surface area contributed by atoms with Gasteiger partial charge in [0.2, 0.25) is 0 Å². The molecule has 0 aromatic rings. The van der Waals surface area contributed by atoms with Crippen LogP contribution >= 0.6 is 0 Å². The summed E-state index contributed by atoms with van der Waals surface area (Å²) in [5, 5.41) is 3.46. The molecule has 0 bridgehead atoms. The molecule has 1 heterocycles. The van der Waals surface area contributed by atoms with Crippen LogP contribution < -0.4 is 5.32 Å². The SMILES string of the molecule is CC1=C2CC(C)(C)[C@@H]2CNC1. The number of hydrogen-bond acceptors (Lipinski definition) is 1. The molecule has 0 unspecified atom stereocenters. The van der Waals surface area contributed by atoms with Crippen LogP contribution in [0.2, 0.25) is 0 Å². The largest absolute Gasteiger partial charge is 0.312 e. The molecule has 0 saturated heterocycles. The third-order valence-corrected chi connectivity index (χ3v) is 3.30. The van der Waals surface area contributed by atoms with Gasteiger partial charge in [-0.2, -0.15) is 0 Å². The third kappa shape index (κ3) is 0.943. The molecule has 1 saturated carbocycles. The summed E-state index contributed by atoms with van der Waals surface area (Å²) in [6.07, 6.45) is 1.34. The zero-order valence-electron chi connectivity index (χ0n) is 7.70. The molecule has 0 aromatic heterocycles. The van der Waals surface area contributed by atoms with Crippen LogP contribution in [0.5, 0.6) is 0 Å². The summed E-state index contributed by atoms with van der Waals surface area (Å²) in [6, 6.07) is 0. The first-order valence-corrected chi connectivity index (χ1v) is 4.50. The molecule has 1 heteroatoms. The van der Waals surface area contributed by atoms with Gasteiger partial charge in [-0.1, -0.05) is 25.0 Å². The Morgan fingerprint density at radius 2 is 2.18 bits per heavy atom. The topological polar surface area (TPSA) is 12.0 Å². The van der Waals surface area contributed by atoms with Gasteiger partial charge in [0.1, 0.15) is 0 Å². The molecular weight excluding hydrogens is 134 g/mol. The van der Waals surface area contributed by atoms with Crippen molar-refractivity contribution in [1.29, 1.82) is 0 Å². The normalized spacial score (nSPS) is 34.6. The van der Waals surface area contributed by atoms with Gasteiger partial charge in [0, 0.05) is 13.1 Å². The van der Waals surface area contributed by atoms with Crippen LogP contribution in [0.15, 0.2) is 11.1 Å². The van der Waals surface area contributed by atoms with E-state index in [-0.39, 0.29) is 0 Å². The van der Waals surface area contributed by atoms with Gasteiger partial charge in [-0.25, -0.2) is 0 Å². The fourth-order valence-electron chi connectivity index (χ4n) is 2.44. The Hall–Kier alpha value is -0.300. The second-order valence-corrected chi connectivity index (χ2v) is 4.65. The van der Waals surface area contributed by atoms with E-state index in [1.807, 2.05) is 0 Å². The molecule has 0 aromatic carbocycles. The third-order valence-electron chi connectivity index (χ3n) is 3.30. The van der Waals surface area contributed by atoms with E-state index in [4.69, 9.17) is 0 Å². The van der Waals surface area contributed by atoms with Gasteiger partial charge < -0.3 is 5.32 Å². The Kier molecular flexibility index (Phi) is 1.40. The summed E-state index contributed by atoms with van der Waals surface area (Å²) < 4.78 is 0. The van der Waals surface area contributed by atoms with Crippen molar-refractivity contribution < 1.29 is 0 Å². The van der Waals surface area contributed by atoms with E-state index in [1.165, 1.54) is 13.0 Å². The van der Waals surface area contributed by atoms with Gasteiger partial charge in [0.05, 0.1) is 0 Å². The van der Waals surface area contributed by atoms with Crippen molar-refractivity contribution in [3.8, 4) is 0 Å². The summed E-state index contributed by atoms with van der Waals surface area (Å²) in [7, 11) is 0. The van der Waals surface area contributed by atoms with Crippen molar-refractivity contribution in [3.63, 3.8) is 0 Å². The van der Waals surface area contributed by atoms with E-state index >= 15 is 0 Å². The molecule has 0 spiro atoms. The zero-order chi connectivity index (χ0) is 8.06. The number of fused-ring (bicyclic) bond motifs is 1. The summed E-state index contributed by atoms with van der Waals surface area (Å²) in [5.74, 6) is 0.844. The highest BCUT2D eigenvalue weighted by atomic mass is 14.9. The summed E-state index contributed by atoms with van der Waals surface area (Å²) in [6.45, 7) is 9.36. The van der Waals surface area contributed by atoms with E-state index in [2.05, 4.69) is 26.1 Å². The van der Waals surface area contributed by atoms with E-state index in [0.717, 1.165) is 12.5 Å². The maximum atomic E-state index is 3.46. The molecule has 2 aliphatic rings. The highest BCUT2D eigenvalue weighted by molar-refractivity contribution is 5.30. The number of rotatable bonds is 0. The van der Waals surface area contributed by atoms with Crippen molar-refractivity contribution >= 4 is 0 Å². The molecule has 2 rings (SSSR count). The maximum absolute atomic E-state index is 3.46. The second-order valence-electron chi connectivity index (χ2n) is 4.65. The van der Waals surface area contributed by atoms with Gasteiger partial charge in [-0.15, -0.1) is 0 Å². The molecule has 1 N–H and O–H groups in total. The molecule has 1 fully saturated rings. The first-order valence-electron chi connectivity index (χ1n) is 4.50. The molecular formula is C10H17N. The van der Waals surface area contributed by atoms with Gasteiger partial charge in [-0.3, -0.25) is 0 Å². The molecule has 1 aliphatic heterocycles. The molecule has 11 heavy (non-hydrogen) atoms. The summed E-state index contributed by atoms with van der Waals surface area (Å²) in [4.78, 5) is 0. The van der Waals surface area contributed by atoms with Gasteiger partial charge in [0.25, 0.3) is 0 Å². The molecule has 0 amide bonds. The lowest BCUT2D eigenvalue weighted by Gasteiger charge is -2.50. The Morgan fingerprint density at radius 3 is 2.73 bits per heavy atom. The Balaban J connectivity index is 2.24. The fourth-order valence-corrected chi connectivity index (χ4v) is 2.44. The molecule has 1 atom stereocenters. The van der Waals surface area contributed by atoms with Crippen molar-refractivity contribution in [2.45, 2.75) is 27.2 Å². The Labute approximate surface area is 68.9 Å². The van der Waals surface area contributed by atoms with Gasteiger partial charge in [-0.05, 0) is 24.7 Å². The second kappa shape index (κ2) is 2.10. The summed E-state index contributed by atoms with van der Waals surface area (Å²) in [5.41, 5.74) is 3.92. The standard InChI is InChI=1S/C10H17N/c1-7-5-11-6-9-8(7)4-10(9,2)3/h9,11H,4-6H2,1-3H3/t9-/m1/s1. The predicted octanol–water partition coefficient (Wildman–Crippen LogP) is 1.95. The van der Waals surface area contributed by atoms with Crippen LogP contribution in [0.1, 0.15) is 27.2 Å². The lowest BCUT2D eigenvalue weighted by atomic mass is 9.57. The quantitative estimate of drug-likeness (QED) is 0.522. The average Bonchev–Trinajstić information content (AvgIpc) is 1.92. The minimum absolute atomic E-state index is 0.573. The first kappa shape index (κ1) is 7.35. The minimum Gasteiger partial charge on any atom is -0.312 e. The van der Waals surface area contributed by atoms with E-state index in [1.54, 1.807) is 11.1 Å². The zero-order valence-corrected chi connectivity index (χ0v) is 7.70. The molecule has 62 valence electrons. The van der Waals surface area contributed by atoms with Crippen LogP contribution in [0.3, 0.4) is 0 Å². The van der Waals surface area contributed by atoms with Gasteiger partial charge in [0.15, 0.2) is 0 Å². The van der Waals surface area contributed by atoms with Crippen LogP contribution in [-0.4, -0.2) is 13.1 Å². The molecule has 0 radical (unpaired) electrons. The van der Waals surface area contributed by atoms with Crippen LogP contribution in [0.25, 0.3) is 0 Å². The van der Waals surface area contributed by atoms with Gasteiger partial charge >= 0.3 is 0 Å². The van der Waals surface area contributed by atoms with E-state index in [9.17, 15) is 0 Å². The fraction of sp³-hybridized carbons (Fsp3) is 0.800. The molecule has 1 aliphatic carbocycles. The van der Waals surface area contributed by atoms with Crippen LogP contribution in [0, 0.1) is 11.3 Å². The smallest absolute Gasteiger partial charge is 0.0164 e. The average molecular weight is 151 g/mol. The first-order chi connectivity index (χ1) is 5.11.